The van der Waals surface area contributed by atoms with Gasteiger partial charge in [-0.1, -0.05) is 6.07 Å². The third-order valence-corrected chi connectivity index (χ3v) is 3.33. The molecule has 2 aromatic carbocycles. The van der Waals surface area contributed by atoms with Crippen LogP contribution in [0.25, 0.3) is 21.7 Å². The van der Waals surface area contributed by atoms with Crippen LogP contribution in [0.1, 0.15) is 11.1 Å². The first kappa shape index (κ1) is 11.7. The van der Waals surface area contributed by atoms with Crippen molar-refractivity contribution in [2.75, 3.05) is 0 Å². The molecule has 19 heavy (non-hydrogen) atoms. The van der Waals surface area contributed by atoms with Crippen molar-refractivity contribution in [3.63, 3.8) is 0 Å². The number of aliphatic hydroxyl groups excluding tert-OH is 1. The highest BCUT2D eigenvalue weighted by molar-refractivity contribution is 6.08. The van der Waals surface area contributed by atoms with Crippen molar-refractivity contribution in [2.45, 2.75) is 13.5 Å². The Morgan fingerprint density at radius 1 is 1.21 bits per heavy atom. The highest BCUT2D eigenvalue weighted by atomic mass is 16.4. The summed E-state index contributed by atoms with van der Waals surface area (Å²) in [7, 11) is 0. The van der Waals surface area contributed by atoms with Gasteiger partial charge in [-0.25, -0.2) is 4.79 Å². The molecule has 0 unspecified atom stereocenters. The number of hydrogen-bond acceptors (Lipinski definition) is 4. The van der Waals surface area contributed by atoms with Crippen LogP contribution >= 0.6 is 0 Å². The van der Waals surface area contributed by atoms with E-state index in [-0.39, 0.29) is 12.4 Å². The fourth-order valence-electron chi connectivity index (χ4n) is 2.43. The monoisotopic (exact) mass is 256 g/mol. The molecule has 0 spiro atoms. The normalized spacial score (nSPS) is 11.3. The van der Waals surface area contributed by atoms with Crippen molar-refractivity contribution in [3.8, 4) is 5.75 Å². The van der Waals surface area contributed by atoms with E-state index in [1.807, 2.05) is 12.1 Å². The second kappa shape index (κ2) is 4.10. The standard InChI is InChI=1S/C15H12O4/c1-8-6-9-2-4-12-10(3-5-13(17)19-12)14(9)11(7-16)15(8)18/h2-6,16,18H,7H2,1H3. The van der Waals surface area contributed by atoms with Crippen molar-refractivity contribution in [1.82, 2.24) is 0 Å². The van der Waals surface area contributed by atoms with Gasteiger partial charge in [0.2, 0.25) is 0 Å². The summed E-state index contributed by atoms with van der Waals surface area (Å²) in [5, 5.41) is 21.9. The largest absolute Gasteiger partial charge is 0.507 e. The summed E-state index contributed by atoms with van der Waals surface area (Å²) in [6.45, 7) is 1.51. The van der Waals surface area contributed by atoms with Crippen molar-refractivity contribution in [1.29, 1.82) is 0 Å². The molecule has 0 radical (unpaired) electrons. The van der Waals surface area contributed by atoms with Gasteiger partial charge in [-0.3, -0.25) is 0 Å². The zero-order chi connectivity index (χ0) is 13.6. The Balaban J connectivity index is 2.60. The average molecular weight is 256 g/mol. The summed E-state index contributed by atoms with van der Waals surface area (Å²) >= 11 is 0. The van der Waals surface area contributed by atoms with Gasteiger partial charge in [0.25, 0.3) is 0 Å². The molecule has 0 saturated carbocycles. The Bertz CT molecular complexity index is 846. The smallest absolute Gasteiger partial charge is 0.336 e. The Morgan fingerprint density at radius 3 is 2.74 bits per heavy atom. The molecule has 0 aliphatic rings. The minimum absolute atomic E-state index is 0.0775. The van der Waals surface area contributed by atoms with Crippen molar-refractivity contribution in [2.24, 2.45) is 0 Å². The fourth-order valence-corrected chi connectivity index (χ4v) is 2.43. The molecule has 0 saturated heterocycles. The molecule has 4 nitrogen and oxygen atoms in total. The molecule has 3 aromatic rings. The first-order chi connectivity index (χ1) is 9.11. The predicted molar refractivity (Wildman–Crippen MR) is 72.3 cm³/mol. The Hall–Kier alpha value is -2.33. The van der Waals surface area contributed by atoms with Gasteiger partial charge in [-0.15, -0.1) is 0 Å². The zero-order valence-corrected chi connectivity index (χ0v) is 10.3. The first-order valence-electron chi connectivity index (χ1n) is 5.90. The third kappa shape index (κ3) is 1.69. The summed E-state index contributed by atoms with van der Waals surface area (Å²) in [6, 6.07) is 8.36. The number of phenols is 1. The predicted octanol–water partition coefficient (Wildman–Crippen LogP) is 2.45. The maximum atomic E-state index is 11.2. The number of hydrogen-bond donors (Lipinski definition) is 2. The molecule has 0 aliphatic heterocycles. The van der Waals surface area contributed by atoms with Gasteiger partial charge in [0.05, 0.1) is 6.61 Å². The van der Waals surface area contributed by atoms with E-state index in [1.54, 1.807) is 19.1 Å². The van der Waals surface area contributed by atoms with Crippen LogP contribution in [0, 0.1) is 6.92 Å². The van der Waals surface area contributed by atoms with E-state index < -0.39 is 5.63 Å². The lowest BCUT2D eigenvalue weighted by molar-refractivity contribution is 0.277. The molecule has 0 aliphatic carbocycles. The van der Waals surface area contributed by atoms with Gasteiger partial charge >= 0.3 is 5.63 Å². The van der Waals surface area contributed by atoms with Crippen LogP contribution < -0.4 is 5.63 Å². The molecule has 0 amide bonds. The van der Waals surface area contributed by atoms with E-state index in [4.69, 9.17) is 4.42 Å². The number of aromatic hydroxyl groups is 1. The van der Waals surface area contributed by atoms with E-state index in [0.717, 1.165) is 5.39 Å². The highest BCUT2D eigenvalue weighted by Gasteiger charge is 2.13. The second-order valence-electron chi connectivity index (χ2n) is 4.51. The van der Waals surface area contributed by atoms with Gasteiger partial charge < -0.3 is 14.6 Å². The van der Waals surface area contributed by atoms with Crippen LogP contribution in [0.15, 0.2) is 39.5 Å². The molecular weight excluding hydrogens is 244 g/mol. The maximum Gasteiger partial charge on any atom is 0.336 e. The van der Waals surface area contributed by atoms with Crippen LogP contribution in [-0.2, 0) is 6.61 Å². The minimum atomic E-state index is -0.422. The zero-order valence-electron chi connectivity index (χ0n) is 10.3. The number of rotatable bonds is 1. The minimum Gasteiger partial charge on any atom is -0.507 e. The lowest BCUT2D eigenvalue weighted by Gasteiger charge is -2.11. The summed E-state index contributed by atoms with van der Waals surface area (Å²) < 4.78 is 5.12. The number of aryl methyl sites for hydroxylation is 1. The topological polar surface area (TPSA) is 70.7 Å². The number of fused-ring (bicyclic) bond motifs is 3. The van der Waals surface area contributed by atoms with Crippen LogP contribution in [0.2, 0.25) is 0 Å². The highest BCUT2D eigenvalue weighted by Crippen LogP contribution is 2.35. The molecule has 3 rings (SSSR count). The summed E-state index contributed by atoms with van der Waals surface area (Å²) in [5.74, 6) is 0.0775. The van der Waals surface area contributed by atoms with Crippen molar-refractivity contribution in [3.05, 3.63) is 51.9 Å². The van der Waals surface area contributed by atoms with Gasteiger partial charge in [0, 0.05) is 22.4 Å². The van der Waals surface area contributed by atoms with E-state index in [9.17, 15) is 15.0 Å². The SMILES string of the molecule is Cc1cc2ccc3oc(=O)ccc3c2c(CO)c1O. The van der Waals surface area contributed by atoms with Crippen molar-refractivity contribution >= 4 is 21.7 Å². The van der Waals surface area contributed by atoms with E-state index in [2.05, 4.69) is 0 Å². The van der Waals surface area contributed by atoms with Gasteiger partial charge in [0.15, 0.2) is 0 Å². The van der Waals surface area contributed by atoms with Crippen molar-refractivity contribution < 1.29 is 14.6 Å². The molecule has 2 N–H and O–H groups in total. The Kier molecular flexibility index (Phi) is 2.54. The fraction of sp³-hybridized carbons (Fsp3) is 0.133. The Morgan fingerprint density at radius 2 is 2.00 bits per heavy atom. The quantitative estimate of drug-likeness (QED) is 0.518. The molecule has 1 heterocycles. The van der Waals surface area contributed by atoms with Crippen LogP contribution in [0.4, 0.5) is 0 Å². The van der Waals surface area contributed by atoms with Gasteiger partial charge in [0.1, 0.15) is 11.3 Å². The average Bonchev–Trinajstić information content (AvgIpc) is 2.40. The third-order valence-electron chi connectivity index (χ3n) is 3.33. The summed E-state index contributed by atoms with van der Waals surface area (Å²) in [4.78, 5) is 11.2. The van der Waals surface area contributed by atoms with E-state index in [0.29, 0.717) is 27.5 Å². The van der Waals surface area contributed by atoms with Crippen LogP contribution in [-0.4, -0.2) is 10.2 Å². The molecule has 0 bridgehead atoms. The Labute approximate surface area is 108 Å². The number of aliphatic hydroxyl groups is 1. The number of benzene rings is 2. The second-order valence-corrected chi connectivity index (χ2v) is 4.51. The molecule has 4 heteroatoms. The lowest BCUT2D eigenvalue weighted by Crippen LogP contribution is -1.96. The molecule has 96 valence electrons. The van der Waals surface area contributed by atoms with Crippen LogP contribution in [0.5, 0.6) is 5.75 Å². The molecule has 0 fully saturated rings. The molecule has 0 atom stereocenters. The van der Waals surface area contributed by atoms with Crippen LogP contribution in [0.3, 0.4) is 0 Å². The van der Waals surface area contributed by atoms with Gasteiger partial charge in [-0.2, -0.15) is 0 Å². The van der Waals surface area contributed by atoms with Gasteiger partial charge in [-0.05, 0) is 36.1 Å². The van der Waals surface area contributed by atoms with E-state index >= 15 is 0 Å². The first-order valence-corrected chi connectivity index (χ1v) is 5.90. The molecular formula is C15H12O4. The lowest BCUT2D eigenvalue weighted by atomic mass is 9.97. The summed E-state index contributed by atoms with van der Waals surface area (Å²) in [6.07, 6.45) is 0. The molecule has 1 aromatic heterocycles. The van der Waals surface area contributed by atoms with E-state index in [1.165, 1.54) is 6.07 Å². The maximum absolute atomic E-state index is 11.2. The summed E-state index contributed by atoms with van der Waals surface area (Å²) in [5.41, 5.74) is 1.18.